The van der Waals surface area contributed by atoms with E-state index >= 15 is 0 Å². The minimum atomic E-state index is 0.591. The summed E-state index contributed by atoms with van der Waals surface area (Å²) in [4.78, 5) is 2.48. The molecule has 3 heteroatoms. The van der Waals surface area contributed by atoms with Gasteiger partial charge in [0.2, 0.25) is 0 Å². The van der Waals surface area contributed by atoms with Gasteiger partial charge in [-0.25, -0.2) is 0 Å². The first kappa shape index (κ1) is 13.7. The van der Waals surface area contributed by atoms with Gasteiger partial charge in [0.15, 0.2) is 0 Å². The summed E-state index contributed by atoms with van der Waals surface area (Å²) in [5, 5.41) is 4.49. The molecule has 2 rings (SSSR count). The highest BCUT2D eigenvalue weighted by molar-refractivity contribution is 6.30. The molecule has 2 unspecified atom stereocenters. The van der Waals surface area contributed by atoms with E-state index in [1.807, 2.05) is 12.1 Å². The molecule has 0 bridgehead atoms. The Bertz CT molecular complexity index is 363. The summed E-state index contributed by atoms with van der Waals surface area (Å²) >= 11 is 5.95. The van der Waals surface area contributed by atoms with Gasteiger partial charge in [0.05, 0.1) is 0 Å². The van der Waals surface area contributed by atoms with E-state index < -0.39 is 0 Å². The summed E-state index contributed by atoms with van der Waals surface area (Å²) < 4.78 is 0. The molecule has 0 radical (unpaired) electrons. The topological polar surface area (TPSA) is 15.3 Å². The normalized spacial score (nSPS) is 22.6. The van der Waals surface area contributed by atoms with Crippen molar-refractivity contribution in [3.05, 3.63) is 29.3 Å². The fourth-order valence-electron chi connectivity index (χ4n) is 2.50. The number of halogens is 1. The van der Waals surface area contributed by atoms with E-state index in [9.17, 15) is 0 Å². The highest BCUT2D eigenvalue weighted by Gasteiger charge is 2.21. The van der Waals surface area contributed by atoms with Crippen LogP contribution in [0.1, 0.15) is 26.7 Å². The maximum absolute atomic E-state index is 5.95. The zero-order valence-electron chi connectivity index (χ0n) is 11.3. The highest BCUT2D eigenvalue weighted by atomic mass is 35.5. The minimum absolute atomic E-state index is 0.591. The van der Waals surface area contributed by atoms with Crippen LogP contribution < -0.4 is 10.2 Å². The predicted molar refractivity (Wildman–Crippen MR) is 79.5 cm³/mol. The predicted octanol–water partition coefficient (Wildman–Crippen LogP) is 3.55. The van der Waals surface area contributed by atoms with Crippen molar-refractivity contribution < 1.29 is 0 Å². The molecule has 0 aliphatic carbocycles. The van der Waals surface area contributed by atoms with Crippen LogP contribution in [-0.4, -0.2) is 25.7 Å². The molecule has 2 nitrogen and oxygen atoms in total. The summed E-state index contributed by atoms with van der Waals surface area (Å²) in [5.74, 6) is 0.720. The second kappa shape index (κ2) is 6.44. The third kappa shape index (κ3) is 3.39. The Hall–Kier alpha value is -0.730. The quantitative estimate of drug-likeness (QED) is 0.900. The van der Waals surface area contributed by atoms with E-state index in [-0.39, 0.29) is 0 Å². The third-order valence-electron chi connectivity index (χ3n) is 3.95. The van der Waals surface area contributed by atoms with Crippen molar-refractivity contribution in [2.45, 2.75) is 32.7 Å². The van der Waals surface area contributed by atoms with Gasteiger partial charge in [-0.2, -0.15) is 0 Å². The molecule has 1 aliphatic rings. The molecule has 1 fully saturated rings. The van der Waals surface area contributed by atoms with E-state index in [4.69, 9.17) is 11.6 Å². The molecule has 0 saturated carbocycles. The summed E-state index contributed by atoms with van der Waals surface area (Å²) in [7, 11) is 0. The van der Waals surface area contributed by atoms with Gasteiger partial charge in [-0.1, -0.05) is 31.9 Å². The van der Waals surface area contributed by atoms with Crippen LogP contribution in [0.2, 0.25) is 5.02 Å². The SMILES string of the molecule is CCC(C)C1CN(c2ccc(Cl)cc2)CCCN1. The van der Waals surface area contributed by atoms with Crippen LogP contribution in [0.15, 0.2) is 24.3 Å². The molecule has 0 aromatic heterocycles. The minimum Gasteiger partial charge on any atom is -0.370 e. The smallest absolute Gasteiger partial charge is 0.0407 e. The summed E-state index contributed by atoms with van der Waals surface area (Å²) in [6.45, 7) is 7.95. The van der Waals surface area contributed by atoms with Crippen LogP contribution >= 0.6 is 11.6 Å². The Kier molecular flexibility index (Phi) is 4.90. The van der Waals surface area contributed by atoms with Crippen LogP contribution in [0.4, 0.5) is 5.69 Å². The molecular formula is C15H23ClN2. The maximum Gasteiger partial charge on any atom is 0.0407 e. The van der Waals surface area contributed by atoms with Crippen molar-refractivity contribution >= 4 is 17.3 Å². The van der Waals surface area contributed by atoms with Gasteiger partial charge in [-0.3, -0.25) is 0 Å². The standard InChI is InChI=1S/C15H23ClN2/c1-3-12(2)15-11-18(10-4-9-17-15)14-7-5-13(16)6-8-14/h5-8,12,15,17H,3-4,9-11H2,1-2H3. The lowest BCUT2D eigenvalue weighted by Crippen LogP contribution is -2.42. The average molecular weight is 267 g/mol. The molecule has 1 aliphatic heterocycles. The molecule has 2 atom stereocenters. The Morgan fingerprint density at radius 3 is 2.78 bits per heavy atom. The number of hydrogen-bond donors (Lipinski definition) is 1. The first-order chi connectivity index (χ1) is 8.70. The second-order valence-electron chi connectivity index (χ2n) is 5.22. The zero-order valence-corrected chi connectivity index (χ0v) is 12.1. The van der Waals surface area contributed by atoms with Gasteiger partial charge in [0, 0.05) is 29.8 Å². The number of hydrogen-bond acceptors (Lipinski definition) is 2. The number of anilines is 1. The van der Waals surface area contributed by atoms with Crippen molar-refractivity contribution in [3.63, 3.8) is 0 Å². The fraction of sp³-hybridized carbons (Fsp3) is 0.600. The lowest BCUT2D eigenvalue weighted by molar-refractivity contribution is 0.384. The van der Waals surface area contributed by atoms with Gasteiger partial charge < -0.3 is 10.2 Å². The van der Waals surface area contributed by atoms with Gasteiger partial charge in [0.1, 0.15) is 0 Å². The Morgan fingerprint density at radius 1 is 1.39 bits per heavy atom. The summed E-state index contributed by atoms with van der Waals surface area (Å²) in [6.07, 6.45) is 2.43. The second-order valence-corrected chi connectivity index (χ2v) is 5.66. The summed E-state index contributed by atoms with van der Waals surface area (Å²) in [5.41, 5.74) is 1.29. The number of nitrogens with one attached hydrogen (secondary N) is 1. The van der Waals surface area contributed by atoms with Gasteiger partial charge >= 0.3 is 0 Å². The van der Waals surface area contributed by atoms with Crippen molar-refractivity contribution in [2.24, 2.45) is 5.92 Å². The molecule has 1 aromatic carbocycles. The van der Waals surface area contributed by atoms with Crippen LogP contribution in [0, 0.1) is 5.92 Å². The number of nitrogens with zero attached hydrogens (tertiary/aromatic N) is 1. The van der Waals surface area contributed by atoms with Crippen LogP contribution in [0.25, 0.3) is 0 Å². The lowest BCUT2D eigenvalue weighted by Gasteiger charge is -2.29. The lowest BCUT2D eigenvalue weighted by atomic mass is 9.99. The van der Waals surface area contributed by atoms with E-state index in [1.54, 1.807) is 0 Å². The van der Waals surface area contributed by atoms with E-state index in [0.717, 1.165) is 30.6 Å². The molecule has 1 aromatic rings. The third-order valence-corrected chi connectivity index (χ3v) is 4.20. The highest BCUT2D eigenvalue weighted by Crippen LogP contribution is 2.21. The van der Waals surface area contributed by atoms with Crippen molar-refractivity contribution in [2.75, 3.05) is 24.5 Å². The van der Waals surface area contributed by atoms with Gasteiger partial charge in [0.25, 0.3) is 0 Å². The molecule has 1 N–H and O–H groups in total. The Labute approximate surface area is 115 Å². The van der Waals surface area contributed by atoms with Crippen molar-refractivity contribution in [3.8, 4) is 0 Å². The zero-order chi connectivity index (χ0) is 13.0. The van der Waals surface area contributed by atoms with Crippen molar-refractivity contribution in [1.82, 2.24) is 5.32 Å². The number of rotatable bonds is 3. The molecule has 100 valence electrons. The van der Waals surface area contributed by atoms with Crippen molar-refractivity contribution in [1.29, 1.82) is 0 Å². The molecule has 18 heavy (non-hydrogen) atoms. The van der Waals surface area contributed by atoms with Crippen LogP contribution in [-0.2, 0) is 0 Å². The van der Waals surface area contributed by atoms with E-state index in [2.05, 4.69) is 36.2 Å². The molecule has 0 spiro atoms. The Morgan fingerprint density at radius 2 is 2.11 bits per heavy atom. The molecule has 0 amide bonds. The van der Waals surface area contributed by atoms with Gasteiger partial charge in [-0.15, -0.1) is 0 Å². The monoisotopic (exact) mass is 266 g/mol. The number of benzene rings is 1. The fourth-order valence-corrected chi connectivity index (χ4v) is 2.63. The largest absolute Gasteiger partial charge is 0.370 e. The van der Waals surface area contributed by atoms with E-state index in [0.29, 0.717) is 6.04 Å². The van der Waals surface area contributed by atoms with Crippen LogP contribution in [0.5, 0.6) is 0 Å². The molecule has 1 saturated heterocycles. The molecular weight excluding hydrogens is 244 g/mol. The molecule has 1 heterocycles. The van der Waals surface area contributed by atoms with E-state index in [1.165, 1.54) is 18.5 Å². The first-order valence-electron chi connectivity index (χ1n) is 6.94. The first-order valence-corrected chi connectivity index (χ1v) is 7.32. The average Bonchev–Trinajstić information content (AvgIpc) is 2.64. The van der Waals surface area contributed by atoms with Crippen LogP contribution in [0.3, 0.4) is 0 Å². The summed E-state index contributed by atoms with van der Waals surface area (Å²) in [6, 6.07) is 8.80. The van der Waals surface area contributed by atoms with Gasteiger partial charge in [-0.05, 0) is 43.1 Å². The maximum atomic E-state index is 5.95. The Balaban J connectivity index is 2.09.